The molecule has 2 rings (SSSR count). The van der Waals surface area contributed by atoms with Crippen LogP contribution in [0.5, 0.6) is 0 Å². The molecule has 0 saturated carbocycles. The van der Waals surface area contributed by atoms with Gasteiger partial charge in [0, 0.05) is 23.6 Å². The quantitative estimate of drug-likeness (QED) is 0.0392. The predicted octanol–water partition coefficient (Wildman–Crippen LogP) is -1.14. The van der Waals surface area contributed by atoms with Gasteiger partial charge in [0.1, 0.15) is 18.3 Å². The van der Waals surface area contributed by atoms with Crippen molar-refractivity contribution in [3.63, 3.8) is 0 Å². The molecular formula is C33H51N9O6S2. The van der Waals surface area contributed by atoms with Crippen LogP contribution in [0.2, 0.25) is 0 Å². The molecule has 0 aromatic heterocycles. The van der Waals surface area contributed by atoms with Gasteiger partial charge >= 0.3 is 0 Å². The lowest BCUT2D eigenvalue weighted by Gasteiger charge is -2.29. The zero-order valence-electron chi connectivity index (χ0n) is 28.3. The van der Waals surface area contributed by atoms with Gasteiger partial charge in [-0.2, -0.15) is 12.6 Å². The number of primary amides is 1. The smallest absolute Gasteiger partial charge is 0.248 e. The molecule has 276 valence electrons. The summed E-state index contributed by atoms with van der Waals surface area (Å²) in [5.74, 6) is -1.83. The van der Waals surface area contributed by atoms with E-state index in [2.05, 4.69) is 40.5 Å². The van der Waals surface area contributed by atoms with Crippen molar-refractivity contribution in [3.05, 3.63) is 72.7 Å². The van der Waals surface area contributed by atoms with Crippen LogP contribution in [0.15, 0.2) is 67.2 Å². The Morgan fingerprint density at radius 1 is 1.16 bits per heavy atom. The van der Waals surface area contributed by atoms with Gasteiger partial charge < -0.3 is 43.2 Å². The maximum atomic E-state index is 13.5. The van der Waals surface area contributed by atoms with Crippen LogP contribution in [0, 0.1) is 0 Å². The Labute approximate surface area is 303 Å². The van der Waals surface area contributed by atoms with E-state index in [4.69, 9.17) is 17.2 Å². The van der Waals surface area contributed by atoms with E-state index >= 15 is 0 Å². The van der Waals surface area contributed by atoms with E-state index in [-0.39, 0.29) is 36.2 Å². The Balaban J connectivity index is 2.13. The minimum absolute atomic E-state index is 0.0238. The van der Waals surface area contributed by atoms with Gasteiger partial charge in [0.05, 0.1) is 24.3 Å². The van der Waals surface area contributed by atoms with Crippen molar-refractivity contribution in [1.82, 2.24) is 31.1 Å². The van der Waals surface area contributed by atoms with Gasteiger partial charge in [0.25, 0.3) is 0 Å². The summed E-state index contributed by atoms with van der Waals surface area (Å²) in [5, 5.41) is 21.8. The van der Waals surface area contributed by atoms with Crippen LogP contribution in [0.3, 0.4) is 0 Å². The highest BCUT2D eigenvalue weighted by Gasteiger charge is 2.33. The normalized spacial score (nSPS) is 17.4. The number of carbonyl (C=O) groups excluding carboxylic acids is 5. The number of benzene rings is 1. The number of likely N-dealkylation sites (N-methyl/N-ethyl adjacent to an activating group) is 1. The number of unbranched alkanes of at least 4 members (excludes halogenated alkanes) is 1. The third kappa shape index (κ3) is 13.8. The second kappa shape index (κ2) is 22.8. The van der Waals surface area contributed by atoms with Gasteiger partial charge in [-0.1, -0.05) is 49.1 Å². The van der Waals surface area contributed by atoms with Gasteiger partial charge in [0.2, 0.25) is 29.5 Å². The zero-order chi connectivity index (χ0) is 37.1. The molecule has 0 radical (unpaired) electrons. The Kier molecular flexibility index (Phi) is 19.3. The lowest BCUT2D eigenvalue weighted by atomic mass is 10.1. The van der Waals surface area contributed by atoms with E-state index < -0.39 is 54.5 Å². The van der Waals surface area contributed by atoms with Crippen molar-refractivity contribution in [2.24, 2.45) is 17.2 Å². The molecule has 15 nitrogen and oxygen atoms in total. The fourth-order valence-electron chi connectivity index (χ4n) is 4.98. The lowest BCUT2D eigenvalue weighted by Crippen LogP contribution is -2.55. The molecule has 1 unspecified atom stereocenters. The van der Waals surface area contributed by atoms with Gasteiger partial charge in [-0.15, -0.1) is 11.8 Å². The summed E-state index contributed by atoms with van der Waals surface area (Å²) in [5.41, 5.74) is 17.5. The van der Waals surface area contributed by atoms with Crippen LogP contribution in [0.1, 0.15) is 31.2 Å². The topological polar surface area (TPSA) is 238 Å². The first-order chi connectivity index (χ1) is 24.0. The summed E-state index contributed by atoms with van der Waals surface area (Å²) in [6.07, 6.45) is 5.97. The molecule has 1 aromatic rings. The molecule has 0 bridgehead atoms. The van der Waals surface area contributed by atoms with Crippen molar-refractivity contribution in [1.29, 1.82) is 0 Å². The highest BCUT2D eigenvalue weighted by molar-refractivity contribution is 7.99. The average molecular weight is 734 g/mol. The maximum Gasteiger partial charge on any atom is 0.248 e. The standard InChI is InChI=1S/C33H51N9O6S2/c1-3-42(28(43)18-37-30(45)23(13-7-9-15-34)38-33(48)27-20-50-21-41(27)2)26(19-49)32(47)39-24(14-8-10-16-35)31(46)40-25(29(36)44)17-22-11-5-4-6-12-22/h3-6,9,11-12,14-15,23,25-27,31,40,46,49H,1,7-8,10,13,16-21,34-35H2,2H3,(H2,36,44)(H,37,45)(H,38,48)(H,39,47)/b15-9+,24-14+/t23-,25-,26-,27-,31?/m0/s1. The first-order valence-electron chi connectivity index (χ1n) is 16.2. The summed E-state index contributed by atoms with van der Waals surface area (Å²) in [6, 6.07) is 5.57. The summed E-state index contributed by atoms with van der Waals surface area (Å²) >= 11 is 5.89. The van der Waals surface area contributed by atoms with Gasteiger partial charge in [-0.25, -0.2) is 0 Å². The number of hydrogen-bond acceptors (Lipinski definition) is 12. The fraction of sp³-hybridized carbons (Fsp3) is 0.485. The van der Waals surface area contributed by atoms with Gasteiger partial charge in [-0.05, 0) is 57.5 Å². The molecule has 0 spiro atoms. The SMILES string of the molecule is C=CN(C(=O)CNC(=O)[C@H](CC/C=C/N)NC(=O)[C@@H]1CSCN1C)[C@@H](CS)C(=O)N/C(=C/CCCN)C(O)N[C@@H](Cc1ccccc1)C(N)=O. The van der Waals surface area contributed by atoms with Crippen LogP contribution in [-0.2, 0) is 30.4 Å². The number of allylic oxidation sites excluding steroid dienone is 2. The predicted molar refractivity (Wildman–Crippen MR) is 198 cm³/mol. The number of hydrogen-bond donors (Lipinski definition) is 9. The van der Waals surface area contributed by atoms with Gasteiger partial charge in [0.15, 0.2) is 0 Å². The van der Waals surface area contributed by atoms with E-state index in [0.717, 1.165) is 16.7 Å². The number of thioether (sulfide) groups is 1. The first kappa shape index (κ1) is 42.3. The molecule has 1 fully saturated rings. The van der Waals surface area contributed by atoms with E-state index in [9.17, 15) is 29.1 Å². The molecular weight excluding hydrogens is 683 g/mol. The van der Waals surface area contributed by atoms with Crippen LogP contribution >= 0.6 is 24.4 Å². The molecule has 17 heteroatoms. The van der Waals surface area contributed by atoms with E-state index in [1.807, 2.05) is 42.3 Å². The molecule has 0 aliphatic carbocycles. The molecule has 1 heterocycles. The number of amides is 5. The second-order valence-corrected chi connectivity index (χ2v) is 12.9. The van der Waals surface area contributed by atoms with Crippen molar-refractivity contribution in [2.45, 2.75) is 62.5 Å². The Bertz CT molecular complexity index is 1350. The van der Waals surface area contributed by atoms with E-state index in [0.29, 0.717) is 37.4 Å². The summed E-state index contributed by atoms with van der Waals surface area (Å²) in [4.78, 5) is 68.1. The van der Waals surface area contributed by atoms with Crippen molar-refractivity contribution < 1.29 is 29.1 Å². The number of nitrogens with two attached hydrogens (primary N) is 3. The molecule has 50 heavy (non-hydrogen) atoms. The number of nitrogens with zero attached hydrogens (tertiary/aromatic N) is 2. The van der Waals surface area contributed by atoms with Crippen molar-refractivity contribution in [3.8, 4) is 0 Å². The van der Waals surface area contributed by atoms with Crippen LogP contribution in [-0.4, -0.2) is 112 Å². The zero-order valence-corrected chi connectivity index (χ0v) is 30.0. The van der Waals surface area contributed by atoms with Crippen molar-refractivity contribution in [2.75, 3.05) is 37.5 Å². The van der Waals surface area contributed by atoms with Crippen LogP contribution < -0.4 is 38.5 Å². The number of nitrogens with one attached hydrogen (secondary N) is 4. The summed E-state index contributed by atoms with van der Waals surface area (Å²) in [6.45, 7) is 3.51. The lowest BCUT2D eigenvalue weighted by molar-refractivity contribution is -0.137. The average Bonchev–Trinajstić information content (AvgIpc) is 3.54. The second-order valence-electron chi connectivity index (χ2n) is 11.5. The first-order valence-corrected chi connectivity index (χ1v) is 18.0. The largest absolute Gasteiger partial charge is 0.405 e. The monoisotopic (exact) mass is 733 g/mol. The molecule has 1 aliphatic rings. The molecule has 5 atom stereocenters. The number of thiol groups is 1. The third-order valence-corrected chi connectivity index (χ3v) is 9.31. The summed E-state index contributed by atoms with van der Waals surface area (Å²) < 4.78 is 0. The number of carbonyl (C=O) groups is 5. The number of aliphatic hydroxyl groups excluding tert-OH is 1. The minimum atomic E-state index is -1.52. The third-order valence-electron chi connectivity index (χ3n) is 7.83. The molecule has 1 saturated heterocycles. The summed E-state index contributed by atoms with van der Waals surface area (Å²) in [7, 11) is 1.83. The molecule has 5 amide bonds. The van der Waals surface area contributed by atoms with Gasteiger partial charge in [-0.3, -0.25) is 34.2 Å². The highest BCUT2D eigenvalue weighted by Crippen LogP contribution is 2.19. The number of rotatable bonds is 22. The maximum absolute atomic E-state index is 13.5. The molecule has 1 aliphatic heterocycles. The Morgan fingerprint density at radius 2 is 1.88 bits per heavy atom. The van der Waals surface area contributed by atoms with Crippen LogP contribution in [0.25, 0.3) is 0 Å². The Hall–Kier alpha value is -3.87. The fourth-order valence-corrected chi connectivity index (χ4v) is 6.52. The van der Waals surface area contributed by atoms with E-state index in [1.165, 1.54) is 6.20 Å². The highest BCUT2D eigenvalue weighted by atomic mass is 32.2. The Morgan fingerprint density at radius 3 is 2.46 bits per heavy atom. The van der Waals surface area contributed by atoms with E-state index in [1.54, 1.807) is 23.9 Å². The molecule has 1 aromatic carbocycles. The van der Waals surface area contributed by atoms with Crippen LogP contribution in [0.4, 0.5) is 0 Å². The number of aliphatic hydroxyl groups is 1. The minimum Gasteiger partial charge on any atom is -0.405 e. The van der Waals surface area contributed by atoms with Crippen molar-refractivity contribution >= 4 is 53.9 Å². The molecule has 11 N–H and O–H groups in total.